The minimum Gasteiger partial charge on any atom is -0.297 e. The number of benzene rings is 1. The Labute approximate surface area is 116 Å². The number of hydrogen-bond donors (Lipinski definition) is 1. The van der Waals surface area contributed by atoms with Gasteiger partial charge in [-0.25, -0.2) is 0 Å². The van der Waals surface area contributed by atoms with E-state index in [0.29, 0.717) is 0 Å². The van der Waals surface area contributed by atoms with Crippen molar-refractivity contribution in [3.8, 4) is 0 Å². The van der Waals surface area contributed by atoms with Crippen LogP contribution in [0.3, 0.4) is 0 Å². The van der Waals surface area contributed by atoms with Gasteiger partial charge in [-0.05, 0) is 5.56 Å². The molecule has 1 aliphatic heterocycles. The van der Waals surface area contributed by atoms with Crippen LogP contribution in [0.5, 0.6) is 0 Å². The largest absolute Gasteiger partial charge is 0.297 e. The Morgan fingerprint density at radius 2 is 1.61 bits per heavy atom. The quantitative estimate of drug-likeness (QED) is 0.642. The summed E-state index contributed by atoms with van der Waals surface area (Å²) in [6.45, 7) is 6.83. The second-order valence-corrected chi connectivity index (χ2v) is 5.08. The van der Waals surface area contributed by atoms with E-state index >= 15 is 0 Å². The Bertz CT molecular complexity index is 356. The summed E-state index contributed by atoms with van der Waals surface area (Å²) in [7, 11) is 0. The van der Waals surface area contributed by atoms with E-state index in [2.05, 4.69) is 64.9 Å². The van der Waals surface area contributed by atoms with Crippen LogP contribution < -0.4 is 0 Å². The van der Waals surface area contributed by atoms with Gasteiger partial charge in [0, 0.05) is 45.0 Å². The Morgan fingerprint density at radius 3 is 2.28 bits per heavy atom. The molecule has 0 N–H and O–H groups in total. The van der Waals surface area contributed by atoms with Crippen molar-refractivity contribution in [2.75, 3.05) is 38.5 Å². The standard InChI is InChI=1S/C15H22N2S/c18-13-5-4-8-16-9-11-17(12-10-16)14-15-6-2-1-3-7-15/h1-7,18H,8-14H2. The fourth-order valence-corrected chi connectivity index (χ4v) is 2.42. The van der Waals surface area contributed by atoms with Crippen LogP contribution >= 0.6 is 12.6 Å². The first kappa shape index (κ1) is 13.7. The second-order valence-electron chi connectivity index (χ2n) is 4.72. The smallest absolute Gasteiger partial charge is 0.0234 e. The van der Waals surface area contributed by atoms with E-state index in [-0.39, 0.29) is 0 Å². The summed E-state index contributed by atoms with van der Waals surface area (Å²) < 4.78 is 0. The summed E-state index contributed by atoms with van der Waals surface area (Å²) in [4.78, 5) is 5.04. The van der Waals surface area contributed by atoms with Crippen LogP contribution in [-0.4, -0.2) is 48.3 Å². The zero-order valence-electron chi connectivity index (χ0n) is 10.8. The van der Waals surface area contributed by atoms with Gasteiger partial charge in [-0.2, -0.15) is 12.6 Å². The van der Waals surface area contributed by atoms with Crippen molar-refractivity contribution in [2.45, 2.75) is 6.54 Å². The SMILES string of the molecule is SCC=CCN1CCN(Cc2ccccc2)CC1. The number of thiol groups is 1. The molecular weight excluding hydrogens is 240 g/mol. The predicted octanol–water partition coefficient (Wildman–Crippen LogP) is 2.29. The average Bonchev–Trinajstić information content (AvgIpc) is 2.42. The fraction of sp³-hybridized carbons (Fsp3) is 0.467. The van der Waals surface area contributed by atoms with Gasteiger partial charge in [0.1, 0.15) is 0 Å². The molecule has 1 fully saturated rings. The minimum atomic E-state index is 0.841. The first-order chi connectivity index (χ1) is 8.88. The maximum absolute atomic E-state index is 4.17. The maximum atomic E-state index is 4.17. The molecule has 0 saturated carbocycles. The van der Waals surface area contributed by atoms with Gasteiger partial charge in [-0.1, -0.05) is 42.5 Å². The Morgan fingerprint density at radius 1 is 0.944 bits per heavy atom. The molecule has 1 aromatic rings. The van der Waals surface area contributed by atoms with Crippen molar-refractivity contribution in [2.24, 2.45) is 0 Å². The summed E-state index contributed by atoms with van der Waals surface area (Å²) >= 11 is 4.17. The third-order valence-electron chi connectivity index (χ3n) is 3.35. The van der Waals surface area contributed by atoms with Gasteiger partial charge < -0.3 is 0 Å². The molecule has 0 aromatic heterocycles. The van der Waals surface area contributed by atoms with Crippen molar-refractivity contribution >= 4 is 12.6 Å². The Kier molecular flexibility index (Phi) is 5.78. The van der Waals surface area contributed by atoms with E-state index in [9.17, 15) is 0 Å². The number of piperazine rings is 1. The third-order valence-corrected chi connectivity index (χ3v) is 3.56. The zero-order valence-corrected chi connectivity index (χ0v) is 11.7. The van der Waals surface area contributed by atoms with Crippen LogP contribution in [0.1, 0.15) is 5.56 Å². The molecule has 0 radical (unpaired) electrons. The molecule has 0 bridgehead atoms. The molecule has 1 aliphatic rings. The first-order valence-electron chi connectivity index (χ1n) is 6.63. The number of hydrogen-bond acceptors (Lipinski definition) is 3. The Balaban J connectivity index is 1.72. The molecule has 2 nitrogen and oxygen atoms in total. The molecular formula is C15H22N2S. The van der Waals surface area contributed by atoms with Gasteiger partial charge in [0.15, 0.2) is 0 Å². The Hall–Kier alpha value is -0.770. The summed E-state index contributed by atoms with van der Waals surface area (Å²) in [5.41, 5.74) is 1.42. The molecule has 0 aliphatic carbocycles. The van der Waals surface area contributed by atoms with E-state index in [4.69, 9.17) is 0 Å². The van der Waals surface area contributed by atoms with Crippen LogP contribution in [0.25, 0.3) is 0 Å². The van der Waals surface area contributed by atoms with Crippen LogP contribution in [0.4, 0.5) is 0 Å². The molecule has 0 amide bonds. The van der Waals surface area contributed by atoms with Crippen molar-refractivity contribution in [3.63, 3.8) is 0 Å². The molecule has 2 rings (SSSR count). The maximum Gasteiger partial charge on any atom is 0.0234 e. The second kappa shape index (κ2) is 7.62. The molecule has 1 aromatic carbocycles. The van der Waals surface area contributed by atoms with Crippen molar-refractivity contribution < 1.29 is 0 Å². The van der Waals surface area contributed by atoms with Crippen LogP contribution in [0, 0.1) is 0 Å². The monoisotopic (exact) mass is 262 g/mol. The minimum absolute atomic E-state index is 0.841. The molecule has 0 spiro atoms. The zero-order chi connectivity index (χ0) is 12.6. The lowest BCUT2D eigenvalue weighted by Crippen LogP contribution is -2.45. The molecule has 1 saturated heterocycles. The first-order valence-corrected chi connectivity index (χ1v) is 7.26. The summed E-state index contributed by atoms with van der Waals surface area (Å²) in [6, 6.07) is 10.7. The third kappa shape index (κ3) is 4.48. The predicted molar refractivity (Wildman–Crippen MR) is 81.2 cm³/mol. The van der Waals surface area contributed by atoms with Crippen molar-refractivity contribution in [1.29, 1.82) is 0 Å². The van der Waals surface area contributed by atoms with Crippen molar-refractivity contribution in [1.82, 2.24) is 9.80 Å². The number of nitrogens with zero attached hydrogens (tertiary/aromatic N) is 2. The summed E-state index contributed by atoms with van der Waals surface area (Å²) in [6.07, 6.45) is 4.35. The van der Waals surface area contributed by atoms with Crippen LogP contribution in [0.15, 0.2) is 42.5 Å². The molecule has 98 valence electrons. The lowest BCUT2D eigenvalue weighted by molar-refractivity contribution is 0.137. The van der Waals surface area contributed by atoms with Gasteiger partial charge in [-0.15, -0.1) is 0 Å². The summed E-state index contributed by atoms with van der Waals surface area (Å²) in [5.74, 6) is 0.841. The molecule has 1 heterocycles. The highest BCUT2D eigenvalue weighted by molar-refractivity contribution is 7.80. The van der Waals surface area contributed by atoms with E-state index in [0.717, 1.165) is 18.8 Å². The van der Waals surface area contributed by atoms with E-state index in [1.807, 2.05) is 0 Å². The fourth-order valence-electron chi connectivity index (χ4n) is 2.27. The number of rotatable bonds is 5. The molecule has 3 heteroatoms. The van der Waals surface area contributed by atoms with Crippen LogP contribution in [-0.2, 0) is 6.54 Å². The van der Waals surface area contributed by atoms with Gasteiger partial charge in [-0.3, -0.25) is 9.80 Å². The lowest BCUT2D eigenvalue weighted by atomic mass is 10.2. The molecule has 0 unspecified atom stereocenters. The van der Waals surface area contributed by atoms with Gasteiger partial charge in [0.05, 0.1) is 0 Å². The highest BCUT2D eigenvalue weighted by Gasteiger charge is 2.15. The average molecular weight is 262 g/mol. The van der Waals surface area contributed by atoms with Gasteiger partial charge >= 0.3 is 0 Å². The van der Waals surface area contributed by atoms with E-state index in [1.165, 1.54) is 31.7 Å². The highest BCUT2D eigenvalue weighted by Crippen LogP contribution is 2.08. The molecule has 0 atom stereocenters. The van der Waals surface area contributed by atoms with Crippen molar-refractivity contribution in [3.05, 3.63) is 48.0 Å². The van der Waals surface area contributed by atoms with Crippen LogP contribution in [0.2, 0.25) is 0 Å². The molecule has 18 heavy (non-hydrogen) atoms. The summed E-state index contributed by atoms with van der Waals surface area (Å²) in [5, 5.41) is 0. The van der Waals surface area contributed by atoms with E-state index < -0.39 is 0 Å². The lowest BCUT2D eigenvalue weighted by Gasteiger charge is -2.34. The van der Waals surface area contributed by atoms with Gasteiger partial charge in [0.2, 0.25) is 0 Å². The highest BCUT2D eigenvalue weighted by atomic mass is 32.1. The topological polar surface area (TPSA) is 6.48 Å². The van der Waals surface area contributed by atoms with Gasteiger partial charge in [0.25, 0.3) is 0 Å². The normalized spacial score (nSPS) is 18.5. The van der Waals surface area contributed by atoms with E-state index in [1.54, 1.807) is 0 Å².